The summed E-state index contributed by atoms with van der Waals surface area (Å²) in [4.78, 5) is 0. The molecule has 0 aromatic heterocycles. The van der Waals surface area contributed by atoms with Crippen molar-refractivity contribution in [1.82, 2.24) is 0 Å². The molecular formula is C6H11ClO. The number of ether oxygens (including phenoxy) is 1. The van der Waals surface area contributed by atoms with Gasteiger partial charge in [0.25, 0.3) is 0 Å². The predicted octanol–water partition coefficient (Wildman–Crippen LogP) is 2.17. The Kier molecular flexibility index (Phi) is 5.13. The van der Waals surface area contributed by atoms with Gasteiger partial charge in [-0.3, -0.25) is 0 Å². The van der Waals surface area contributed by atoms with Gasteiger partial charge in [-0.25, -0.2) is 0 Å². The van der Waals surface area contributed by atoms with E-state index >= 15 is 0 Å². The van der Waals surface area contributed by atoms with E-state index in [0.717, 1.165) is 12.2 Å². The number of hydrogen-bond acceptors (Lipinski definition) is 1. The Labute approximate surface area is 55.3 Å². The van der Waals surface area contributed by atoms with Crippen molar-refractivity contribution < 1.29 is 4.74 Å². The van der Waals surface area contributed by atoms with Crippen LogP contribution in [0.25, 0.3) is 0 Å². The molecule has 0 saturated carbocycles. The molecule has 0 aliphatic heterocycles. The molecule has 0 unspecified atom stereocenters. The number of halogens is 1. The van der Waals surface area contributed by atoms with Crippen molar-refractivity contribution in [2.75, 3.05) is 13.2 Å². The average molecular weight is 135 g/mol. The van der Waals surface area contributed by atoms with Gasteiger partial charge < -0.3 is 4.74 Å². The van der Waals surface area contributed by atoms with E-state index in [1.165, 1.54) is 5.54 Å². The lowest BCUT2D eigenvalue weighted by Gasteiger charge is -1.96. The maximum absolute atomic E-state index is 5.35. The average Bonchev–Trinajstić information content (AvgIpc) is 1.83. The smallest absolute Gasteiger partial charge is 0.0685 e. The van der Waals surface area contributed by atoms with Crippen LogP contribution in [0.1, 0.15) is 13.8 Å². The van der Waals surface area contributed by atoms with Crippen molar-refractivity contribution in [2.24, 2.45) is 0 Å². The lowest BCUT2D eigenvalue weighted by Crippen LogP contribution is -1.92. The molecule has 0 spiro atoms. The van der Waals surface area contributed by atoms with Crippen LogP contribution in [0, 0.1) is 0 Å². The summed E-state index contributed by atoms with van der Waals surface area (Å²) in [6.07, 6.45) is 0. The quantitative estimate of drug-likeness (QED) is 0.575. The standard InChI is InChI=1S/C6H11ClO/c1-3-8-5-6(2)4-7/h4H,3,5H2,1-2H3/b6-4-. The molecule has 0 amide bonds. The highest BCUT2D eigenvalue weighted by molar-refractivity contribution is 6.25. The van der Waals surface area contributed by atoms with Gasteiger partial charge in [-0.2, -0.15) is 0 Å². The highest BCUT2D eigenvalue weighted by Crippen LogP contribution is 1.94. The van der Waals surface area contributed by atoms with Gasteiger partial charge in [0.15, 0.2) is 0 Å². The topological polar surface area (TPSA) is 9.23 Å². The summed E-state index contributed by atoms with van der Waals surface area (Å²) in [5.74, 6) is 0. The van der Waals surface area contributed by atoms with E-state index in [-0.39, 0.29) is 0 Å². The molecule has 0 N–H and O–H groups in total. The zero-order valence-corrected chi connectivity index (χ0v) is 6.03. The molecule has 0 radical (unpaired) electrons. The minimum atomic E-state index is 0.653. The van der Waals surface area contributed by atoms with E-state index in [9.17, 15) is 0 Å². The minimum absolute atomic E-state index is 0.653. The van der Waals surface area contributed by atoms with Gasteiger partial charge in [-0.05, 0) is 19.4 Å². The van der Waals surface area contributed by atoms with Gasteiger partial charge >= 0.3 is 0 Å². The van der Waals surface area contributed by atoms with E-state index in [0.29, 0.717) is 6.61 Å². The van der Waals surface area contributed by atoms with E-state index in [4.69, 9.17) is 16.3 Å². The maximum Gasteiger partial charge on any atom is 0.0685 e. The summed E-state index contributed by atoms with van der Waals surface area (Å²) in [7, 11) is 0. The lowest BCUT2D eigenvalue weighted by atomic mass is 10.4. The van der Waals surface area contributed by atoms with Crippen molar-refractivity contribution in [1.29, 1.82) is 0 Å². The molecule has 0 aliphatic rings. The molecule has 8 heavy (non-hydrogen) atoms. The third-order valence-electron chi connectivity index (χ3n) is 0.720. The molecule has 0 rings (SSSR count). The third-order valence-corrected chi connectivity index (χ3v) is 1.09. The van der Waals surface area contributed by atoms with Gasteiger partial charge in [0.1, 0.15) is 0 Å². The maximum atomic E-state index is 5.35. The normalized spacial score (nSPS) is 12.1. The summed E-state index contributed by atoms with van der Waals surface area (Å²) < 4.78 is 5.03. The second-order valence-corrected chi connectivity index (χ2v) is 1.81. The van der Waals surface area contributed by atoms with Gasteiger partial charge in [0, 0.05) is 12.1 Å². The Bertz CT molecular complexity index is 78.6. The summed E-state index contributed by atoms with van der Waals surface area (Å²) in [5, 5.41) is 0. The fraction of sp³-hybridized carbons (Fsp3) is 0.667. The summed E-state index contributed by atoms with van der Waals surface area (Å²) in [6, 6.07) is 0. The fourth-order valence-corrected chi connectivity index (χ4v) is 0.358. The van der Waals surface area contributed by atoms with Gasteiger partial charge in [-0.15, -0.1) is 0 Å². The Morgan fingerprint density at radius 3 is 2.75 bits per heavy atom. The summed E-state index contributed by atoms with van der Waals surface area (Å²) in [5.41, 5.74) is 2.60. The molecule has 0 heterocycles. The Hall–Kier alpha value is -0.0100. The third kappa shape index (κ3) is 4.16. The van der Waals surface area contributed by atoms with Crippen LogP contribution in [-0.2, 0) is 4.74 Å². The van der Waals surface area contributed by atoms with E-state index in [1.54, 1.807) is 0 Å². The molecule has 0 aromatic rings. The van der Waals surface area contributed by atoms with Gasteiger partial charge in [-0.1, -0.05) is 11.6 Å². The largest absolute Gasteiger partial charge is 0.377 e. The van der Waals surface area contributed by atoms with Crippen molar-refractivity contribution >= 4 is 11.6 Å². The lowest BCUT2D eigenvalue weighted by molar-refractivity contribution is 0.171. The number of hydrogen-bond donors (Lipinski definition) is 0. The van der Waals surface area contributed by atoms with Crippen molar-refractivity contribution in [3.8, 4) is 0 Å². The summed E-state index contributed by atoms with van der Waals surface area (Å²) in [6.45, 7) is 5.30. The zero-order valence-electron chi connectivity index (χ0n) is 5.28. The van der Waals surface area contributed by atoms with Gasteiger partial charge in [0.2, 0.25) is 0 Å². The molecule has 0 aromatic carbocycles. The zero-order chi connectivity index (χ0) is 6.41. The second kappa shape index (κ2) is 5.13. The summed E-state index contributed by atoms with van der Waals surface area (Å²) >= 11 is 5.35. The molecule has 2 heteroatoms. The molecule has 0 saturated heterocycles. The Morgan fingerprint density at radius 1 is 1.75 bits per heavy atom. The van der Waals surface area contributed by atoms with Crippen LogP contribution in [0.2, 0.25) is 0 Å². The van der Waals surface area contributed by atoms with E-state index in [2.05, 4.69) is 0 Å². The van der Waals surface area contributed by atoms with Crippen LogP contribution in [0.5, 0.6) is 0 Å². The van der Waals surface area contributed by atoms with Crippen molar-refractivity contribution in [3.63, 3.8) is 0 Å². The highest BCUT2D eigenvalue weighted by atomic mass is 35.5. The predicted molar refractivity (Wildman–Crippen MR) is 36.1 cm³/mol. The van der Waals surface area contributed by atoms with Crippen molar-refractivity contribution in [2.45, 2.75) is 13.8 Å². The molecule has 1 nitrogen and oxygen atoms in total. The van der Waals surface area contributed by atoms with Crippen LogP contribution in [0.15, 0.2) is 11.1 Å². The van der Waals surface area contributed by atoms with Crippen LogP contribution in [0.3, 0.4) is 0 Å². The van der Waals surface area contributed by atoms with Gasteiger partial charge in [0.05, 0.1) is 6.61 Å². The van der Waals surface area contributed by atoms with E-state index < -0.39 is 0 Å². The molecule has 0 aliphatic carbocycles. The van der Waals surface area contributed by atoms with Crippen LogP contribution in [0.4, 0.5) is 0 Å². The fourth-order valence-electron chi connectivity index (χ4n) is 0.295. The first-order valence-electron chi connectivity index (χ1n) is 2.64. The first kappa shape index (κ1) is 7.99. The highest BCUT2D eigenvalue weighted by Gasteiger charge is 1.83. The first-order valence-corrected chi connectivity index (χ1v) is 3.08. The monoisotopic (exact) mass is 134 g/mol. The number of rotatable bonds is 3. The Balaban J connectivity index is 3.12. The van der Waals surface area contributed by atoms with Crippen LogP contribution in [-0.4, -0.2) is 13.2 Å². The SMILES string of the molecule is CCOC/C(C)=C\Cl. The molecule has 0 atom stereocenters. The van der Waals surface area contributed by atoms with Crippen molar-refractivity contribution in [3.05, 3.63) is 11.1 Å². The first-order chi connectivity index (χ1) is 3.81. The Morgan fingerprint density at radius 2 is 2.38 bits per heavy atom. The van der Waals surface area contributed by atoms with Crippen LogP contribution < -0.4 is 0 Å². The molecule has 0 fully saturated rings. The molecular weight excluding hydrogens is 124 g/mol. The van der Waals surface area contributed by atoms with E-state index in [1.807, 2.05) is 13.8 Å². The molecule has 48 valence electrons. The molecule has 0 bridgehead atoms. The second-order valence-electron chi connectivity index (χ2n) is 1.59. The minimum Gasteiger partial charge on any atom is -0.377 e. The van der Waals surface area contributed by atoms with Crippen LogP contribution >= 0.6 is 11.6 Å².